The maximum absolute atomic E-state index is 11.6. The van der Waals surface area contributed by atoms with Crippen molar-refractivity contribution in [1.82, 2.24) is 9.91 Å². The first-order chi connectivity index (χ1) is 7.63. The monoisotopic (exact) mass is 227 g/mol. The Balaban J connectivity index is 2.51. The summed E-state index contributed by atoms with van der Waals surface area (Å²) < 4.78 is 0. The van der Waals surface area contributed by atoms with Crippen LogP contribution in [0.1, 0.15) is 39.5 Å². The van der Waals surface area contributed by atoms with Crippen molar-refractivity contribution < 1.29 is 9.59 Å². The Morgan fingerprint density at radius 1 is 1.25 bits per heavy atom. The van der Waals surface area contributed by atoms with Crippen molar-refractivity contribution in [2.24, 2.45) is 5.29 Å². The standard InChI is InChI=1S/C10H17N3O3/c1-3-4-5-6-7-12-9(14)8(2)13(11-16)10(12)15/h8H,3-7H2,1-2H3. The second-order valence-corrected chi connectivity index (χ2v) is 3.94. The number of hydrogen-bond donors (Lipinski definition) is 0. The third kappa shape index (κ3) is 2.37. The van der Waals surface area contributed by atoms with Gasteiger partial charge in [-0.1, -0.05) is 26.2 Å². The van der Waals surface area contributed by atoms with Crippen LogP contribution in [0.2, 0.25) is 0 Å². The quantitative estimate of drug-likeness (QED) is 0.395. The highest BCUT2D eigenvalue weighted by Gasteiger charge is 2.43. The van der Waals surface area contributed by atoms with Crippen molar-refractivity contribution in [1.29, 1.82) is 0 Å². The minimum absolute atomic E-state index is 0.332. The SMILES string of the molecule is CCCCCCN1C(=O)C(C)N(N=O)C1=O. The van der Waals surface area contributed by atoms with Gasteiger partial charge < -0.3 is 0 Å². The van der Waals surface area contributed by atoms with E-state index in [9.17, 15) is 14.5 Å². The summed E-state index contributed by atoms with van der Waals surface area (Å²) in [6.07, 6.45) is 3.95. The second kappa shape index (κ2) is 5.58. The van der Waals surface area contributed by atoms with Gasteiger partial charge in [0, 0.05) is 6.54 Å². The molecule has 0 aromatic heterocycles. The van der Waals surface area contributed by atoms with Crippen LogP contribution in [0.5, 0.6) is 0 Å². The minimum atomic E-state index is -0.754. The van der Waals surface area contributed by atoms with Gasteiger partial charge >= 0.3 is 6.03 Å². The smallest absolute Gasteiger partial charge is 0.272 e. The predicted octanol–water partition coefficient (Wildman–Crippen LogP) is 1.90. The van der Waals surface area contributed by atoms with E-state index in [1.807, 2.05) is 0 Å². The number of nitrogens with zero attached hydrogens (tertiary/aromatic N) is 3. The van der Waals surface area contributed by atoms with Gasteiger partial charge in [0.2, 0.25) is 0 Å². The molecular weight excluding hydrogens is 210 g/mol. The van der Waals surface area contributed by atoms with Crippen LogP contribution in [0.4, 0.5) is 4.79 Å². The molecule has 3 amide bonds. The van der Waals surface area contributed by atoms with Crippen molar-refractivity contribution in [3.63, 3.8) is 0 Å². The van der Waals surface area contributed by atoms with E-state index >= 15 is 0 Å². The summed E-state index contributed by atoms with van der Waals surface area (Å²) in [5, 5.41) is 3.26. The van der Waals surface area contributed by atoms with E-state index in [2.05, 4.69) is 12.2 Å². The summed E-state index contributed by atoms with van der Waals surface area (Å²) in [5.41, 5.74) is 0. The molecule has 0 saturated carbocycles. The van der Waals surface area contributed by atoms with Crippen LogP contribution in [-0.2, 0) is 4.79 Å². The average molecular weight is 227 g/mol. The number of imide groups is 1. The van der Waals surface area contributed by atoms with Gasteiger partial charge in [-0.25, -0.2) is 4.79 Å². The van der Waals surface area contributed by atoms with Crippen LogP contribution in [0, 0.1) is 4.91 Å². The molecule has 1 unspecified atom stereocenters. The van der Waals surface area contributed by atoms with E-state index in [0.29, 0.717) is 11.6 Å². The Kier molecular flexibility index (Phi) is 4.39. The van der Waals surface area contributed by atoms with E-state index in [-0.39, 0.29) is 5.91 Å². The Labute approximate surface area is 94.5 Å². The average Bonchev–Trinajstić information content (AvgIpc) is 2.47. The van der Waals surface area contributed by atoms with Crippen molar-refractivity contribution >= 4 is 11.9 Å². The predicted molar refractivity (Wildman–Crippen MR) is 58.3 cm³/mol. The number of carbonyl (C=O) groups excluding carboxylic acids is 2. The fourth-order valence-electron chi connectivity index (χ4n) is 1.72. The highest BCUT2D eigenvalue weighted by atomic mass is 16.3. The third-order valence-electron chi connectivity index (χ3n) is 2.74. The zero-order valence-corrected chi connectivity index (χ0v) is 9.68. The molecule has 1 aliphatic heterocycles. The zero-order chi connectivity index (χ0) is 12.1. The number of carbonyl (C=O) groups is 2. The molecule has 1 atom stereocenters. The summed E-state index contributed by atoms with van der Waals surface area (Å²) in [6.45, 7) is 3.98. The van der Waals surface area contributed by atoms with E-state index < -0.39 is 12.1 Å². The third-order valence-corrected chi connectivity index (χ3v) is 2.74. The van der Waals surface area contributed by atoms with Gasteiger partial charge in [-0.2, -0.15) is 5.01 Å². The molecule has 1 fully saturated rings. The van der Waals surface area contributed by atoms with Gasteiger partial charge in [0.15, 0.2) is 0 Å². The highest BCUT2D eigenvalue weighted by molar-refractivity contribution is 6.03. The molecule has 0 radical (unpaired) electrons. The Hall–Kier alpha value is -1.46. The summed E-state index contributed by atoms with van der Waals surface area (Å²) in [6, 6.07) is -1.35. The molecule has 6 heteroatoms. The van der Waals surface area contributed by atoms with Crippen LogP contribution in [0.25, 0.3) is 0 Å². The first kappa shape index (κ1) is 12.6. The largest absolute Gasteiger partial charge is 0.350 e. The van der Waals surface area contributed by atoms with Gasteiger partial charge in [0.05, 0.1) is 5.29 Å². The Morgan fingerprint density at radius 3 is 2.44 bits per heavy atom. The minimum Gasteiger partial charge on any atom is -0.272 e. The number of nitroso groups, excluding NO2 is 1. The highest BCUT2D eigenvalue weighted by Crippen LogP contribution is 2.18. The van der Waals surface area contributed by atoms with Crippen LogP contribution < -0.4 is 0 Å². The molecule has 0 bridgehead atoms. The molecule has 1 aliphatic rings. The van der Waals surface area contributed by atoms with Crippen LogP contribution >= 0.6 is 0 Å². The molecule has 90 valence electrons. The number of unbranched alkanes of at least 4 members (excludes halogenated alkanes) is 3. The molecule has 6 nitrogen and oxygen atoms in total. The lowest BCUT2D eigenvalue weighted by Gasteiger charge is -2.11. The number of urea groups is 1. The normalized spacial score (nSPS) is 20.8. The molecule has 1 saturated heterocycles. The van der Waals surface area contributed by atoms with Crippen LogP contribution in [0.15, 0.2) is 5.29 Å². The second-order valence-electron chi connectivity index (χ2n) is 3.94. The Bertz CT molecular complexity index is 293. The fraction of sp³-hybridized carbons (Fsp3) is 0.800. The zero-order valence-electron chi connectivity index (χ0n) is 9.68. The fourth-order valence-corrected chi connectivity index (χ4v) is 1.72. The number of rotatable bonds is 6. The first-order valence-corrected chi connectivity index (χ1v) is 5.61. The Morgan fingerprint density at radius 2 is 1.94 bits per heavy atom. The lowest BCUT2D eigenvalue weighted by Crippen LogP contribution is -2.32. The van der Waals surface area contributed by atoms with Crippen LogP contribution in [-0.4, -0.2) is 34.4 Å². The molecule has 16 heavy (non-hydrogen) atoms. The number of amides is 3. The lowest BCUT2D eigenvalue weighted by atomic mass is 10.2. The molecule has 1 rings (SSSR count). The van der Waals surface area contributed by atoms with Crippen molar-refractivity contribution in [3.05, 3.63) is 4.91 Å². The van der Waals surface area contributed by atoms with E-state index in [1.54, 1.807) is 0 Å². The summed E-state index contributed by atoms with van der Waals surface area (Å²) in [7, 11) is 0. The van der Waals surface area contributed by atoms with Gasteiger partial charge in [0.1, 0.15) is 6.04 Å². The summed E-state index contributed by atoms with van der Waals surface area (Å²) in [4.78, 5) is 34.7. The van der Waals surface area contributed by atoms with Crippen molar-refractivity contribution in [2.75, 3.05) is 6.54 Å². The lowest BCUT2D eigenvalue weighted by molar-refractivity contribution is -0.127. The molecule has 0 spiro atoms. The van der Waals surface area contributed by atoms with E-state index in [4.69, 9.17) is 0 Å². The molecular formula is C10H17N3O3. The van der Waals surface area contributed by atoms with E-state index in [1.165, 1.54) is 6.92 Å². The van der Waals surface area contributed by atoms with E-state index in [0.717, 1.165) is 30.6 Å². The maximum Gasteiger partial charge on any atom is 0.350 e. The summed E-state index contributed by atoms with van der Waals surface area (Å²) in [5.74, 6) is -0.332. The van der Waals surface area contributed by atoms with Gasteiger partial charge in [0.25, 0.3) is 5.91 Å². The summed E-state index contributed by atoms with van der Waals surface area (Å²) >= 11 is 0. The van der Waals surface area contributed by atoms with Crippen molar-refractivity contribution in [3.8, 4) is 0 Å². The van der Waals surface area contributed by atoms with Crippen molar-refractivity contribution in [2.45, 2.75) is 45.6 Å². The van der Waals surface area contributed by atoms with Gasteiger partial charge in [-0.15, -0.1) is 4.91 Å². The number of hydrogen-bond acceptors (Lipinski definition) is 4. The van der Waals surface area contributed by atoms with Gasteiger partial charge in [-0.05, 0) is 13.3 Å². The topological polar surface area (TPSA) is 70.1 Å². The maximum atomic E-state index is 11.6. The van der Waals surface area contributed by atoms with Gasteiger partial charge in [-0.3, -0.25) is 9.69 Å². The molecule has 1 heterocycles. The van der Waals surface area contributed by atoms with Crippen LogP contribution in [0.3, 0.4) is 0 Å². The molecule has 0 aliphatic carbocycles. The molecule has 0 aromatic rings. The molecule has 0 aromatic carbocycles. The first-order valence-electron chi connectivity index (χ1n) is 5.61. The molecule has 0 N–H and O–H groups in total.